The van der Waals surface area contributed by atoms with E-state index in [4.69, 9.17) is 16.1 Å². The Morgan fingerprint density at radius 1 is 1.42 bits per heavy atom. The maximum Gasteiger partial charge on any atom is 0.313 e. The first kappa shape index (κ1) is 12.9. The molecule has 0 radical (unpaired) electrons. The average molecular weight is 275 g/mol. The summed E-state index contributed by atoms with van der Waals surface area (Å²) in [6.07, 6.45) is 0. The van der Waals surface area contributed by atoms with E-state index in [1.807, 2.05) is 6.07 Å². The maximum absolute atomic E-state index is 10.6. The highest BCUT2D eigenvalue weighted by Crippen LogP contribution is 2.23. The lowest BCUT2D eigenvalue weighted by atomic mass is 10.2. The molecule has 0 spiro atoms. The minimum absolute atomic E-state index is 0.131. The number of aromatic nitrogens is 3. The predicted molar refractivity (Wildman–Crippen MR) is 68.8 cm³/mol. The Morgan fingerprint density at radius 3 is 2.68 bits per heavy atom. The summed E-state index contributed by atoms with van der Waals surface area (Å²) in [4.78, 5) is 10.6. The summed E-state index contributed by atoms with van der Waals surface area (Å²) in [5, 5.41) is 25.4. The van der Waals surface area contributed by atoms with Crippen molar-refractivity contribution in [1.29, 1.82) is 5.26 Å². The molecule has 1 aromatic heterocycles. The van der Waals surface area contributed by atoms with Gasteiger partial charge in [0, 0.05) is 0 Å². The van der Waals surface area contributed by atoms with Crippen LogP contribution < -0.4 is 5.73 Å². The summed E-state index contributed by atoms with van der Waals surface area (Å²) in [5.74, 6) is -0.912. The minimum atomic E-state index is -0.946. The molecule has 0 fully saturated rings. The van der Waals surface area contributed by atoms with Gasteiger partial charge >= 0.3 is 5.97 Å². The van der Waals surface area contributed by atoms with E-state index in [-0.39, 0.29) is 11.7 Å². The van der Waals surface area contributed by atoms with Crippen molar-refractivity contribution >= 4 is 23.7 Å². The van der Waals surface area contributed by atoms with Crippen LogP contribution in [0.2, 0.25) is 0 Å². The van der Waals surface area contributed by atoms with Gasteiger partial charge in [0.15, 0.2) is 5.16 Å². The Morgan fingerprint density at radius 2 is 2.11 bits per heavy atom. The van der Waals surface area contributed by atoms with Crippen LogP contribution in [0.1, 0.15) is 5.56 Å². The van der Waals surface area contributed by atoms with E-state index in [9.17, 15) is 4.79 Å². The predicted octanol–water partition coefficient (Wildman–Crippen LogP) is 0.898. The highest BCUT2D eigenvalue weighted by Gasteiger charge is 2.13. The molecule has 0 aliphatic rings. The van der Waals surface area contributed by atoms with Gasteiger partial charge in [0.25, 0.3) is 0 Å². The molecule has 8 heteroatoms. The van der Waals surface area contributed by atoms with Gasteiger partial charge in [-0.3, -0.25) is 9.36 Å². The standard InChI is InChI=1S/C11H9N5O2S/c12-5-7-1-3-8(4-2-7)16-10(13)14-15-11(16)19-6-9(17)18/h1-4H,6H2,(H2,13,14)(H,17,18). The summed E-state index contributed by atoms with van der Waals surface area (Å²) >= 11 is 1.03. The van der Waals surface area contributed by atoms with Gasteiger partial charge in [-0.05, 0) is 24.3 Å². The third-order valence-corrected chi connectivity index (χ3v) is 3.15. The van der Waals surface area contributed by atoms with E-state index >= 15 is 0 Å². The number of benzene rings is 1. The second-order valence-electron chi connectivity index (χ2n) is 3.52. The minimum Gasteiger partial charge on any atom is -0.481 e. The van der Waals surface area contributed by atoms with Crippen molar-refractivity contribution in [2.24, 2.45) is 0 Å². The van der Waals surface area contributed by atoms with Crippen molar-refractivity contribution in [3.63, 3.8) is 0 Å². The van der Waals surface area contributed by atoms with Gasteiger partial charge in [-0.2, -0.15) is 5.26 Å². The van der Waals surface area contributed by atoms with Crippen LogP contribution in [0, 0.1) is 11.3 Å². The van der Waals surface area contributed by atoms with E-state index < -0.39 is 5.97 Å². The second-order valence-corrected chi connectivity index (χ2v) is 4.46. The zero-order chi connectivity index (χ0) is 13.8. The summed E-state index contributed by atoms with van der Waals surface area (Å²) in [7, 11) is 0. The van der Waals surface area contributed by atoms with Gasteiger partial charge in [0.2, 0.25) is 5.95 Å². The first-order valence-electron chi connectivity index (χ1n) is 5.18. The monoisotopic (exact) mass is 275 g/mol. The molecule has 0 saturated heterocycles. The van der Waals surface area contributed by atoms with Crippen LogP contribution in [0.15, 0.2) is 29.4 Å². The second kappa shape index (κ2) is 5.41. The molecule has 0 atom stereocenters. The molecule has 0 aliphatic carbocycles. The smallest absolute Gasteiger partial charge is 0.313 e. The molecule has 0 unspecified atom stereocenters. The lowest BCUT2D eigenvalue weighted by molar-refractivity contribution is -0.133. The van der Waals surface area contributed by atoms with Gasteiger partial charge in [0.1, 0.15) is 0 Å². The van der Waals surface area contributed by atoms with Crippen LogP contribution in [-0.2, 0) is 4.79 Å². The number of carboxylic acids is 1. The highest BCUT2D eigenvalue weighted by atomic mass is 32.2. The Bertz CT molecular complexity index is 644. The van der Waals surface area contributed by atoms with Crippen molar-refractivity contribution in [3.8, 4) is 11.8 Å². The molecule has 7 nitrogen and oxygen atoms in total. The van der Waals surface area contributed by atoms with Crippen molar-refractivity contribution in [2.45, 2.75) is 5.16 Å². The van der Waals surface area contributed by atoms with E-state index in [0.717, 1.165) is 11.8 Å². The number of nitrogen functional groups attached to an aromatic ring is 1. The maximum atomic E-state index is 10.6. The molecular formula is C11H9N5O2S. The van der Waals surface area contributed by atoms with Crippen LogP contribution >= 0.6 is 11.8 Å². The molecule has 0 aliphatic heterocycles. The van der Waals surface area contributed by atoms with Crippen molar-refractivity contribution in [3.05, 3.63) is 29.8 Å². The quantitative estimate of drug-likeness (QED) is 0.795. The summed E-state index contributed by atoms with van der Waals surface area (Å²) in [5.41, 5.74) is 6.91. The zero-order valence-corrected chi connectivity index (χ0v) is 10.5. The van der Waals surface area contributed by atoms with E-state index in [1.54, 1.807) is 24.3 Å². The first-order valence-corrected chi connectivity index (χ1v) is 6.16. The van der Waals surface area contributed by atoms with Crippen LogP contribution in [0.5, 0.6) is 0 Å². The van der Waals surface area contributed by atoms with Crippen LogP contribution in [-0.4, -0.2) is 31.6 Å². The molecule has 0 bridgehead atoms. The van der Waals surface area contributed by atoms with E-state index in [1.165, 1.54) is 4.57 Å². The number of thioether (sulfide) groups is 1. The molecule has 1 aromatic carbocycles. The van der Waals surface area contributed by atoms with E-state index in [2.05, 4.69) is 10.2 Å². The number of hydrogen-bond acceptors (Lipinski definition) is 6. The average Bonchev–Trinajstić information content (AvgIpc) is 2.78. The number of carbonyl (C=O) groups is 1. The number of carboxylic acid groups (broad SMARTS) is 1. The van der Waals surface area contributed by atoms with Crippen molar-refractivity contribution < 1.29 is 9.90 Å². The number of anilines is 1. The van der Waals surface area contributed by atoms with Crippen molar-refractivity contribution in [2.75, 3.05) is 11.5 Å². The zero-order valence-electron chi connectivity index (χ0n) is 9.65. The van der Waals surface area contributed by atoms with E-state index in [0.29, 0.717) is 16.4 Å². The molecule has 96 valence electrons. The molecular weight excluding hydrogens is 266 g/mol. The van der Waals surface area contributed by atoms with Gasteiger partial charge in [-0.1, -0.05) is 11.8 Å². The topological polar surface area (TPSA) is 118 Å². The van der Waals surface area contributed by atoms with Crippen molar-refractivity contribution in [1.82, 2.24) is 14.8 Å². The first-order chi connectivity index (χ1) is 9.11. The van der Waals surface area contributed by atoms with Gasteiger partial charge in [-0.15, -0.1) is 10.2 Å². The number of nitrogens with zero attached hydrogens (tertiary/aromatic N) is 4. The lowest BCUT2D eigenvalue weighted by Gasteiger charge is -2.06. The fraction of sp³-hybridized carbons (Fsp3) is 0.0909. The molecule has 1 heterocycles. The molecule has 3 N–H and O–H groups in total. The van der Waals surface area contributed by atoms with Crippen LogP contribution in [0.25, 0.3) is 5.69 Å². The fourth-order valence-electron chi connectivity index (χ4n) is 1.43. The molecule has 2 aromatic rings. The Balaban J connectivity index is 2.34. The summed E-state index contributed by atoms with van der Waals surface area (Å²) in [6.45, 7) is 0. The molecule has 2 rings (SSSR count). The highest BCUT2D eigenvalue weighted by molar-refractivity contribution is 7.99. The number of aliphatic carboxylic acids is 1. The summed E-state index contributed by atoms with van der Waals surface area (Å²) < 4.78 is 1.54. The lowest BCUT2D eigenvalue weighted by Crippen LogP contribution is -2.04. The Kier molecular flexibility index (Phi) is 3.68. The summed E-state index contributed by atoms with van der Waals surface area (Å²) in [6, 6.07) is 8.69. The molecule has 0 saturated carbocycles. The number of nitrogens with two attached hydrogens (primary N) is 1. The van der Waals surface area contributed by atoms with Gasteiger partial charge in [-0.25, -0.2) is 0 Å². The van der Waals surface area contributed by atoms with Crippen LogP contribution in [0.4, 0.5) is 5.95 Å². The van der Waals surface area contributed by atoms with Crippen LogP contribution in [0.3, 0.4) is 0 Å². The van der Waals surface area contributed by atoms with Gasteiger partial charge in [0.05, 0.1) is 23.1 Å². The largest absolute Gasteiger partial charge is 0.481 e. The Hall–Kier alpha value is -2.53. The molecule has 19 heavy (non-hydrogen) atoms. The fourth-order valence-corrected chi connectivity index (χ4v) is 2.11. The number of hydrogen-bond donors (Lipinski definition) is 2. The Labute approximate surface area is 112 Å². The SMILES string of the molecule is N#Cc1ccc(-n2c(N)nnc2SCC(=O)O)cc1. The van der Waals surface area contributed by atoms with Gasteiger partial charge < -0.3 is 10.8 Å². The number of rotatable bonds is 4. The third kappa shape index (κ3) is 2.83. The number of nitriles is 1. The third-order valence-electron chi connectivity index (χ3n) is 2.24. The molecule has 0 amide bonds. The normalized spacial score (nSPS) is 10.1.